The van der Waals surface area contributed by atoms with Crippen LogP contribution < -0.4 is 10.5 Å². The van der Waals surface area contributed by atoms with E-state index in [-0.39, 0.29) is 5.91 Å². The SMILES string of the molecule is CCOc1ccc(C(=O)N2CCCC(COC)C2)cc1N. The Morgan fingerprint density at radius 3 is 2.95 bits per heavy atom. The third-order valence-corrected chi connectivity index (χ3v) is 3.77. The first-order valence-electron chi connectivity index (χ1n) is 7.46. The van der Waals surface area contributed by atoms with E-state index in [0.717, 1.165) is 25.9 Å². The minimum absolute atomic E-state index is 0.0329. The number of carbonyl (C=O) groups excluding carboxylic acids is 1. The number of anilines is 1. The third-order valence-electron chi connectivity index (χ3n) is 3.77. The molecule has 1 fully saturated rings. The maximum atomic E-state index is 12.6. The van der Waals surface area contributed by atoms with E-state index in [1.807, 2.05) is 11.8 Å². The Kier molecular flexibility index (Phi) is 5.44. The minimum Gasteiger partial charge on any atom is -0.492 e. The van der Waals surface area contributed by atoms with E-state index >= 15 is 0 Å². The Labute approximate surface area is 126 Å². The molecular formula is C16H24N2O3. The number of nitrogen functional groups attached to an aromatic ring is 1. The van der Waals surface area contributed by atoms with Crippen LogP contribution in [0.15, 0.2) is 18.2 Å². The number of amides is 1. The summed E-state index contributed by atoms with van der Waals surface area (Å²) in [6.07, 6.45) is 2.13. The summed E-state index contributed by atoms with van der Waals surface area (Å²) in [4.78, 5) is 14.5. The van der Waals surface area contributed by atoms with Gasteiger partial charge in [-0.2, -0.15) is 0 Å². The highest BCUT2D eigenvalue weighted by Gasteiger charge is 2.24. The van der Waals surface area contributed by atoms with Crippen LogP contribution >= 0.6 is 0 Å². The van der Waals surface area contributed by atoms with Gasteiger partial charge in [-0.3, -0.25) is 4.79 Å². The number of piperidine rings is 1. The van der Waals surface area contributed by atoms with Crippen molar-refractivity contribution in [2.75, 3.05) is 39.1 Å². The molecule has 0 saturated carbocycles. The lowest BCUT2D eigenvalue weighted by Crippen LogP contribution is -2.41. The molecule has 2 N–H and O–H groups in total. The summed E-state index contributed by atoms with van der Waals surface area (Å²) in [7, 11) is 1.70. The molecule has 0 spiro atoms. The third kappa shape index (κ3) is 3.88. The fourth-order valence-electron chi connectivity index (χ4n) is 2.77. The van der Waals surface area contributed by atoms with Gasteiger partial charge < -0.3 is 20.1 Å². The van der Waals surface area contributed by atoms with E-state index in [9.17, 15) is 4.79 Å². The molecule has 0 bridgehead atoms. The van der Waals surface area contributed by atoms with Gasteiger partial charge in [0.25, 0.3) is 5.91 Å². The molecule has 1 heterocycles. The van der Waals surface area contributed by atoms with Crippen LogP contribution in [0.1, 0.15) is 30.1 Å². The molecule has 1 amide bonds. The van der Waals surface area contributed by atoms with Gasteiger partial charge in [-0.15, -0.1) is 0 Å². The van der Waals surface area contributed by atoms with E-state index < -0.39 is 0 Å². The molecule has 21 heavy (non-hydrogen) atoms. The van der Waals surface area contributed by atoms with Gasteiger partial charge in [-0.05, 0) is 43.9 Å². The van der Waals surface area contributed by atoms with Crippen LogP contribution in [-0.2, 0) is 4.74 Å². The zero-order valence-corrected chi connectivity index (χ0v) is 12.8. The van der Waals surface area contributed by atoms with Gasteiger partial charge in [0.05, 0.1) is 18.9 Å². The summed E-state index contributed by atoms with van der Waals surface area (Å²) >= 11 is 0. The van der Waals surface area contributed by atoms with Gasteiger partial charge in [-0.1, -0.05) is 0 Å². The highest BCUT2D eigenvalue weighted by molar-refractivity contribution is 5.95. The summed E-state index contributed by atoms with van der Waals surface area (Å²) < 4.78 is 10.6. The van der Waals surface area contributed by atoms with Crippen LogP contribution in [0.2, 0.25) is 0 Å². The van der Waals surface area contributed by atoms with Crippen LogP contribution in [-0.4, -0.2) is 44.2 Å². The fraction of sp³-hybridized carbons (Fsp3) is 0.562. The molecular weight excluding hydrogens is 268 g/mol. The minimum atomic E-state index is 0.0329. The number of hydrogen-bond acceptors (Lipinski definition) is 4. The molecule has 1 atom stereocenters. The van der Waals surface area contributed by atoms with E-state index in [0.29, 0.717) is 36.1 Å². The number of nitrogens with two attached hydrogens (primary N) is 1. The second-order valence-electron chi connectivity index (χ2n) is 5.40. The molecule has 5 heteroatoms. The van der Waals surface area contributed by atoms with Crippen molar-refractivity contribution in [2.24, 2.45) is 5.92 Å². The number of benzene rings is 1. The molecule has 1 aliphatic heterocycles. The van der Waals surface area contributed by atoms with E-state index in [1.165, 1.54) is 0 Å². The molecule has 5 nitrogen and oxygen atoms in total. The van der Waals surface area contributed by atoms with Crippen molar-refractivity contribution in [3.05, 3.63) is 23.8 Å². The average molecular weight is 292 g/mol. The smallest absolute Gasteiger partial charge is 0.253 e. The lowest BCUT2D eigenvalue weighted by Gasteiger charge is -2.32. The van der Waals surface area contributed by atoms with Crippen molar-refractivity contribution in [1.29, 1.82) is 0 Å². The summed E-state index contributed by atoms with van der Waals surface area (Å²) in [5.41, 5.74) is 7.06. The number of rotatable bonds is 5. The fourth-order valence-corrected chi connectivity index (χ4v) is 2.77. The second-order valence-corrected chi connectivity index (χ2v) is 5.40. The van der Waals surface area contributed by atoms with Gasteiger partial charge in [0.1, 0.15) is 5.75 Å². The Morgan fingerprint density at radius 1 is 1.48 bits per heavy atom. The summed E-state index contributed by atoms with van der Waals surface area (Å²) in [5.74, 6) is 1.09. The van der Waals surface area contributed by atoms with Gasteiger partial charge in [0, 0.05) is 25.8 Å². The topological polar surface area (TPSA) is 64.8 Å². The first-order valence-corrected chi connectivity index (χ1v) is 7.46. The number of methoxy groups -OCH3 is 1. The van der Waals surface area contributed by atoms with E-state index in [1.54, 1.807) is 25.3 Å². The van der Waals surface area contributed by atoms with Crippen LogP contribution in [0.4, 0.5) is 5.69 Å². The van der Waals surface area contributed by atoms with Crippen LogP contribution in [0, 0.1) is 5.92 Å². The van der Waals surface area contributed by atoms with Crippen molar-refractivity contribution in [2.45, 2.75) is 19.8 Å². The number of likely N-dealkylation sites (tertiary alicyclic amines) is 1. The molecule has 1 saturated heterocycles. The van der Waals surface area contributed by atoms with Crippen LogP contribution in [0.3, 0.4) is 0 Å². The van der Waals surface area contributed by atoms with Crippen LogP contribution in [0.25, 0.3) is 0 Å². The Hall–Kier alpha value is -1.75. The first-order chi connectivity index (χ1) is 10.2. The van der Waals surface area contributed by atoms with Crippen molar-refractivity contribution in [3.8, 4) is 5.75 Å². The maximum absolute atomic E-state index is 12.6. The van der Waals surface area contributed by atoms with Gasteiger partial charge in [0.15, 0.2) is 0 Å². The monoisotopic (exact) mass is 292 g/mol. The summed E-state index contributed by atoms with van der Waals surface area (Å²) in [6.45, 7) is 4.71. The molecule has 0 radical (unpaired) electrons. The highest BCUT2D eigenvalue weighted by Crippen LogP contribution is 2.25. The second kappa shape index (κ2) is 7.31. The zero-order valence-electron chi connectivity index (χ0n) is 12.8. The van der Waals surface area contributed by atoms with E-state index in [4.69, 9.17) is 15.2 Å². The normalized spacial score (nSPS) is 18.6. The largest absolute Gasteiger partial charge is 0.492 e. The molecule has 0 aliphatic carbocycles. The predicted octanol–water partition coefficient (Wildman–Crippen LogP) is 2.17. The standard InChI is InChI=1S/C16H24N2O3/c1-3-21-15-7-6-13(9-14(15)17)16(19)18-8-4-5-12(10-18)11-20-2/h6-7,9,12H,3-5,8,10-11,17H2,1-2H3. The van der Waals surface area contributed by atoms with Crippen molar-refractivity contribution in [3.63, 3.8) is 0 Å². The Morgan fingerprint density at radius 2 is 2.29 bits per heavy atom. The molecule has 1 aliphatic rings. The maximum Gasteiger partial charge on any atom is 0.253 e. The molecule has 1 aromatic carbocycles. The number of nitrogens with zero attached hydrogens (tertiary/aromatic N) is 1. The highest BCUT2D eigenvalue weighted by atomic mass is 16.5. The lowest BCUT2D eigenvalue weighted by molar-refractivity contribution is 0.0571. The number of carbonyl (C=O) groups is 1. The Balaban J connectivity index is 2.07. The summed E-state index contributed by atoms with van der Waals surface area (Å²) in [6, 6.07) is 5.25. The van der Waals surface area contributed by atoms with Gasteiger partial charge in [-0.25, -0.2) is 0 Å². The average Bonchev–Trinajstić information content (AvgIpc) is 2.49. The lowest BCUT2D eigenvalue weighted by atomic mass is 9.98. The Bertz CT molecular complexity index is 488. The molecule has 116 valence electrons. The van der Waals surface area contributed by atoms with Crippen molar-refractivity contribution < 1.29 is 14.3 Å². The number of hydrogen-bond donors (Lipinski definition) is 1. The summed E-state index contributed by atoms with van der Waals surface area (Å²) in [5, 5.41) is 0. The quantitative estimate of drug-likeness (QED) is 0.845. The van der Waals surface area contributed by atoms with Crippen molar-refractivity contribution >= 4 is 11.6 Å². The zero-order chi connectivity index (χ0) is 15.2. The van der Waals surface area contributed by atoms with Gasteiger partial charge in [0.2, 0.25) is 0 Å². The molecule has 2 rings (SSSR count). The van der Waals surface area contributed by atoms with E-state index in [2.05, 4.69) is 0 Å². The molecule has 1 unspecified atom stereocenters. The predicted molar refractivity (Wildman–Crippen MR) is 82.5 cm³/mol. The number of ether oxygens (including phenoxy) is 2. The van der Waals surface area contributed by atoms with Crippen LogP contribution in [0.5, 0.6) is 5.75 Å². The molecule has 0 aromatic heterocycles. The van der Waals surface area contributed by atoms with Crippen molar-refractivity contribution in [1.82, 2.24) is 4.90 Å². The van der Waals surface area contributed by atoms with Gasteiger partial charge >= 0.3 is 0 Å². The first kappa shape index (κ1) is 15.6. The molecule has 1 aromatic rings.